The lowest BCUT2D eigenvalue weighted by Crippen LogP contribution is -2.37. The van der Waals surface area contributed by atoms with Gasteiger partial charge in [0.15, 0.2) is 0 Å². The highest BCUT2D eigenvalue weighted by Gasteiger charge is 2.28. The van der Waals surface area contributed by atoms with Crippen molar-refractivity contribution in [2.75, 3.05) is 13.1 Å². The molecule has 1 unspecified atom stereocenters. The Bertz CT molecular complexity index is 266. The van der Waals surface area contributed by atoms with E-state index in [0.29, 0.717) is 11.3 Å². The smallest absolute Gasteiger partial charge is 0.00107 e. The molecule has 0 aromatic carbocycles. The van der Waals surface area contributed by atoms with Gasteiger partial charge in [0.05, 0.1) is 0 Å². The van der Waals surface area contributed by atoms with Crippen molar-refractivity contribution in [2.45, 2.75) is 34.1 Å². The molecule has 0 aliphatic carbocycles. The van der Waals surface area contributed by atoms with Gasteiger partial charge in [0.25, 0.3) is 0 Å². The van der Waals surface area contributed by atoms with E-state index in [0.717, 1.165) is 13.1 Å². The number of hydrogen-bond acceptors (Lipinski definition) is 2. The Morgan fingerprint density at radius 3 is 2.67 bits per heavy atom. The maximum atomic E-state index is 3.49. The zero-order valence-electron chi connectivity index (χ0n) is 10.3. The first kappa shape index (κ1) is 12.7. The van der Waals surface area contributed by atoms with Crippen LogP contribution in [0.4, 0.5) is 0 Å². The van der Waals surface area contributed by atoms with Crippen LogP contribution in [0.5, 0.6) is 0 Å². The molecule has 0 aliphatic heterocycles. The third kappa shape index (κ3) is 3.62. The summed E-state index contributed by atoms with van der Waals surface area (Å²) in [6, 6.07) is 2.25. The van der Waals surface area contributed by atoms with Crippen molar-refractivity contribution in [3.8, 4) is 0 Å². The highest BCUT2D eigenvalue weighted by Crippen LogP contribution is 2.31. The molecule has 0 spiro atoms. The highest BCUT2D eigenvalue weighted by atomic mass is 32.1. The van der Waals surface area contributed by atoms with Gasteiger partial charge in [-0.2, -0.15) is 11.3 Å². The van der Waals surface area contributed by atoms with E-state index in [2.05, 4.69) is 49.8 Å². The molecule has 86 valence electrons. The Hall–Kier alpha value is -0.340. The second-order valence-corrected chi connectivity index (χ2v) is 5.68. The van der Waals surface area contributed by atoms with Crippen molar-refractivity contribution in [3.63, 3.8) is 0 Å². The number of thiophene rings is 1. The summed E-state index contributed by atoms with van der Waals surface area (Å²) in [5.74, 6) is 0.705. The molecular weight excluding hydrogens is 202 g/mol. The quantitative estimate of drug-likeness (QED) is 0.780. The predicted molar refractivity (Wildman–Crippen MR) is 69.5 cm³/mol. The number of nitrogens with one attached hydrogen (secondary N) is 1. The largest absolute Gasteiger partial charge is 0.316 e. The lowest BCUT2D eigenvalue weighted by molar-refractivity contribution is 0.209. The van der Waals surface area contributed by atoms with E-state index >= 15 is 0 Å². The Balaban J connectivity index is 2.64. The van der Waals surface area contributed by atoms with Crippen LogP contribution >= 0.6 is 11.3 Å². The average Bonchev–Trinajstić information content (AvgIpc) is 2.67. The van der Waals surface area contributed by atoms with E-state index < -0.39 is 0 Å². The third-order valence-electron chi connectivity index (χ3n) is 3.36. The Labute approximate surface area is 97.9 Å². The summed E-state index contributed by atoms with van der Waals surface area (Å²) in [5, 5.41) is 7.93. The van der Waals surface area contributed by atoms with Gasteiger partial charge >= 0.3 is 0 Å². The van der Waals surface area contributed by atoms with Gasteiger partial charge < -0.3 is 5.32 Å². The molecule has 1 aromatic heterocycles. The summed E-state index contributed by atoms with van der Waals surface area (Å²) < 4.78 is 0. The molecule has 1 aromatic rings. The molecule has 1 rings (SSSR count). The van der Waals surface area contributed by atoms with Crippen molar-refractivity contribution >= 4 is 11.3 Å². The maximum Gasteiger partial charge on any atom is 0.00107 e. The minimum atomic E-state index is 0.372. The molecule has 0 amide bonds. The summed E-state index contributed by atoms with van der Waals surface area (Å²) >= 11 is 1.80. The van der Waals surface area contributed by atoms with Crippen LogP contribution in [0.25, 0.3) is 0 Å². The van der Waals surface area contributed by atoms with E-state index in [1.165, 1.54) is 12.0 Å². The van der Waals surface area contributed by atoms with Gasteiger partial charge in [-0.1, -0.05) is 27.7 Å². The van der Waals surface area contributed by atoms with Crippen molar-refractivity contribution < 1.29 is 0 Å². The summed E-state index contributed by atoms with van der Waals surface area (Å²) in [7, 11) is 0. The molecular formula is C13H23NS. The maximum absolute atomic E-state index is 3.49. The first-order chi connectivity index (χ1) is 7.08. The van der Waals surface area contributed by atoms with Crippen LogP contribution in [0.2, 0.25) is 0 Å². The molecule has 0 saturated heterocycles. The monoisotopic (exact) mass is 225 g/mol. The lowest BCUT2D eigenvalue weighted by Gasteiger charge is -2.34. The van der Waals surface area contributed by atoms with Crippen LogP contribution in [0.15, 0.2) is 16.8 Å². The SMILES string of the molecule is CCNCC(C)(Cc1ccsc1)C(C)C. The Morgan fingerprint density at radius 2 is 2.20 bits per heavy atom. The molecule has 0 bridgehead atoms. The second kappa shape index (κ2) is 5.66. The Kier molecular flexibility index (Phi) is 4.81. The molecule has 0 radical (unpaired) electrons. The molecule has 1 N–H and O–H groups in total. The van der Waals surface area contributed by atoms with E-state index in [1.54, 1.807) is 11.3 Å². The standard InChI is InChI=1S/C13H23NS/c1-5-14-10-13(4,11(2)3)8-12-6-7-15-9-12/h6-7,9,11,14H,5,8,10H2,1-4H3. The van der Waals surface area contributed by atoms with Crippen LogP contribution in [-0.4, -0.2) is 13.1 Å². The fourth-order valence-electron chi connectivity index (χ4n) is 1.74. The average molecular weight is 225 g/mol. The predicted octanol–water partition coefficient (Wildman–Crippen LogP) is 3.56. The van der Waals surface area contributed by atoms with Gasteiger partial charge in [-0.05, 0) is 46.7 Å². The molecule has 0 fully saturated rings. The Morgan fingerprint density at radius 1 is 1.47 bits per heavy atom. The zero-order valence-corrected chi connectivity index (χ0v) is 11.2. The van der Waals surface area contributed by atoms with Gasteiger partial charge in [-0.3, -0.25) is 0 Å². The van der Waals surface area contributed by atoms with Gasteiger partial charge in [0, 0.05) is 6.54 Å². The summed E-state index contributed by atoms with van der Waals surface area (Å²) in [5.41, 5.74) is 1.85. The van der Waals surface area contributed by atoms with Crippen LogP contribution in [-0.2, 0) is 6.42 Å². The van der Waals surface area contributed by atoms with Gasteiger partial charge in [0.2, 0.25) is 0 Å². The summed E-state index contributed by atoms with van der Waals surface area (Å²) in [6.07, 6.45) is 1.18. The fourth-order valence-corrected chi connectivity index (χ4v) is 2.41. The second-order valence-electron chi connectivity index (χ2n) is 4.90. The fraction of sp³-hybridized carbons (Fsp3) is 0.692. The molecule has 2 heteroatoms. The first-order valence-electron chi connectivity index (χ1n) is 5.80. The van der Waals surface area contributed by atoms with Crippen molar-refractivity contribution in [1.29, 1.82) is 0 Å². The minimum Gasteiger partial charge on any atom is -0.316 e. The zero-order chi connectivity index (χ0) is 11.3. The summed E-state index contributed by atoms with van der Waals surface area (Å²) in [6.45, 7) is 11.4. The van der Waals surface area contributed by atoms with Gasteiger partial charge in [-0.25, -0.2) is 0 Å². The van der Waals surface area contributed by atoms with Crippen LogP contribution in [0.1, 0.15) is 33.3 Å². The first-order valence-corrected chi connectivity index (χ1v) is 6.74. The van der Waals surface area contributed by atoms with Gasteiger partial charge in [0.1, 0.15) is 0 Å². The van der Waals surface area contributed by atoms with Crippen LogP contribution in [0, 0.1) is 11.3 Å². The highest BCUT2D eigenvalue weighted by molar-refractivity contribution is 7.07. The third-order valence-corrected chi connectivity index (χ3v) is 4.09. The topological polar surface area (TPSA) is 12.0 Å². The molecule has 15 heavy (non-hydrogen) atoms. The van der Waals surface area contributed by atoms with Crippen molar-refractivity contribution in [1.82, 2.24) is 5.32 Å². The van der Waals surface area contributed by atoms with Crippen molar-refractivity contribution in [3.05, 3.63) is 22.4 Å². The minimum absolute atomic E-state index is 0.372. The van der Waals surface area contributed by atoms with E-state index in [-0.39, 0.29) is 0 Å². The number of rotatable bonds is 6. The van der Waals surface area contributed by atoms with Crippen LogP contribution < -0.4 is 5.32 Å². The van der Waals surface area contributed by atoms with Crippen molar-refractivity contribution in [2.24, 2.45) is 11.3 Å². The van der Waals surface area contributed by atoms with E-state index in [9.17, 15) is 0 Å². The van der Waals surface area contributed by atoms with E-state index in [4.69, 9.17) is 0 Å². The molecule has 1 heterocycles. The normalized spacial score (nSPS) is 15.5. The molecule has 0 saturated carbocycles. The lowest BCUT2D eigenvalue weighted by atomic mass is 9.74. The summed E-state index contributed by atoms with van der Waals surface area (Å²) in [4.78, 5) is 0. The van der Waals surface area contributed by atoms with Crippen LogP contribution in [0.3, 0.4) is 0 Å². The molecule has 0 aliphatic rings. The molecule has 1 atom stereocenters. The number of hydrogen-bond donors (Lipinski definition) is 1. The van der Waals surface area contributed by atoms with Gasteiger partial charge in [-0.15, -0.1) is 0 Å². The molecule has 1 nitrogen and oxygen atoms in total. The van der Waals surface area contributed by atoms with E-state index in [1.807, 2.05) is 0 Å².